The molecule has 1 atom stereocenters. The first-order chi connectivity index (χ1) is 6.63. The third kappa shape index (κ3) is 2.86. The zero-order valence-electron chi connectivity index (χ0n) is 7.48. The Bertz CT molecular complexity index is 378. The Morgan fingerprint density at radius 2 is 2.50 bits per heavy atom. The highest BCUT2D eigenvalue weighted by molar-refractivity contribution is 8.00. The minimum absolute atomic E-state index is 0.247. The van der Waals surface area contributed by atoms with E-state index in [2.05, 4.69) is 9.97 Å². The van der Waals surface area contributed by atoms with Crippen LogP contribution in [0, 0.1) is 0 Å². The van der Waals surface area contributed by atoms with E-state index in [1.54, 1.807) is 6.92 Å². The molecule has 0 radical (unpaired) electrons. The molecule has 0 aliphatic carbocycles. The third-order valence-electron chi connectivity index (χ3n) is 1.45. The summed E-state index contributed by atoms with van der Waals surface area (Å²) in [6.07, 6.45) is 1.38. The molecule has 1 rings (SSSR count). The van der Waals surface area contributed by atoms with E-state index in [0.717, 1.165) is 11.8 Å². The number of hydrogen-bond acceptors (Lipinski definition) is 5. The van der Waals surface area contributed by atoms with Crippen LogP contribution in [-0.2, 0) is 4.79 Å². The van der Waals surface area contributed by atoms with Gasteiger partial charge >= 0.3 is 0 Å². The molecule has 76 valence electrons. The van der Waals surface area contributed by atoms with E-state index in [9.17, 15) is 9.59 Å². The number of rotatable bonds is 3. The van der Waals surface area contributed by atoms with Gasteiger partial charge in [0.25, 0.3) is 5.56 Å². The molecule has 0 saturated carbocycles. The number of aromatic nitrogens is 2. The summed E-state index contributed by atoms with van der Waals surface area (Å²) in [6, 6.07) is 1.30. The maximum absolute atomic E-state index is 11.0. The normalized spacial score (nSPS) is 12.1. The minimum Gasteiger partial charge on any atom is -0.301 e. The average molecular weight is 214 g/mol. The molecule has 4 N–H and O–H groups in total. The number of H-pyrrole nitrogens is 1. The summed E-state index contributed by atoms with van der Waals surface area (Å²) >= 11 is 1.13. The van der Waals surface area contributed by atoms with Crippen LogP contribution in [0.2, 0.25) is 0 Å². The highest BCUT2D eigenvalue weighted by Crippen LogP contribution is 2.16. The van der Waals surface area contributed by atoms with Crippen LogP contribution in [0.25, 0.3) is 0 Å². The van der Waals surface area contributed by atoms with Crippen LogP contribution in [-0.4, -0.2) is 21.1 Å². The van der Waals surface area contributed by atoms with Gasteiger partial charge in [-0.2, -0.15) is 0 Å². The fourth-order valence-corrected chi connectivity index (χ4v) is 1.54. The van der Waals surface area contributed by atoms with Crippen molar-refractivity contribution in [2.45, 2.75) is 17.3 Å². The van der Waals surface area contributed by atoms with Crippen molar-refractivity contribution in [3.05, 3.63) is 22.6 Å². The maximum Gasteiger partial charge on any atom is 0.251 e. The van der Waals surface area contributed by atoms with Gasteiger partial charge < -0.3 is 4.98 Å². The van der Waals surface area contributed by atoms with Crippen molar-refractivity contribution in [2.75, 3.05) is 0 Å². The van der Waals surface area contributed by atoms with Gasteiger partial charge in [-0.1, -0.05) is 11.8 Å². The molecule has 1 aromatic heterocycles. The molecule has 0 bridgehead atoms. The summed E-state index contributed by atoms with van der Waals surface area (Å²) in [4.78, 5) is 28.3. The number of amides is 1. The lowest BCUT2D eigenvalue weighted by Crippen LogP contribution is -2.36. The number of nitrogens with zero attached hydrogens (tertiary/aromatic N) is 1. The molecule has 0 aliphatic rings. The average Bonchev–Trinajstić information content (AvgIpc) is 2.16. The zero-order chi connectivity index (χ0) is 10.6. The number of thioether (sulfide) groups is 1. The van der Waals surface area contributed by atoms with Gasteiger partial charge in [0, 0.05) is 12.3 Å². The van der Waals surface area contributed by atoms with Gasteiger partial charge in [0.15, 0.2) is 5.16 Å². The van der Waals surface area contributed by atoms with Gasteiger partial charge in [-0.25, -0.2) is 10.8 Å². The van der Waals surface area contributed by atoms with Gasteiger partial charge in [0.05, 0.1) is 5.25 Å². The van der Waals surface area contributed by atoms with Gasteiger partial charge in [-0.05, 0) is 6.92 Å². The molecule has 1 unspecified atom stereocenters. The van der Waals surface area contributed by atoms with Crippen molar-refractivity contribution >= 4 is 17.7 Å². The number of hydrazine groups is 1. The molecule has 1 amide bonds. The Labute approximate surface area is 84.3 Å². The summed E-state index contributed by atoms with van der Waals surface area (Å²) in [5, 5.41) is -0.000787. The number of aromatic amines is 1. The molecule has 0 aromatic carbocycles. The van der Waals surface area contributed by atoms with E-state index in [1.165, 1.54) is 12.3 Å². The molecular weight excluding hydrogens is 204 g/mol. The molecule has 1 heterocycles. The van der Waals surface area contributed by atoms with E-state index in [1.807, 2.05) is 5.43 Å². The van der Waals surface area contributed by atoms with Crippen molar-refractivity contribution in [3.8, 4) is 0 Å². The largest absolute Gasteiger partial charge is 0.301 e. The summed E-state index contributed by atoms with van der Waals surface area (Å²) in [6.45, 7) is 1.67. The topological polar surface area (TPSA) is 101 Å². The van der Waals surface area contributed by atoms with E-state index in [0.29, 0.717) is 5.16 Å². The van der Waals surface area contributed by atoms with E-state index in [4.69, 9.17) is 5.84 Å². The Morgan fingerprint density at radius 3 is 3.07 bits per heavy atom. The number of nitrogens with two attached hydrogens (primary N) is 1. The first kappa shape index (κ1) is 10.7. The Hall–Kier alpha value is -1.34. The predicted octanol–water partition coefficient (Wildman–Crippen LogP) is -0.760. The summed E-state index contributed by atoms with van der Waals surface area (Å²) in [5.74, 6) is 4.63. The Balaban J connectivity index is 2.69. The molecule has 7 heteroatoms. The lowest BCUT2D eigenvalue weighted by atomic mass is 10.5. The fraction of sp³-hybridized carbons (Fsp3) is 0.286. The second-order valence-electron chi connectivity index (χ2n) is 2.51. The minimum atomic E-state index is -0.398. The molecule has 0 aliphatic heterocycles. The molecular formula is C7H10N4O2S. The molecule has 0 fully saturated rings. The van der Waals surface area contributed by atoms with Gasteiger partial charge in [0.1, 0.15) is 0 Å². The van der Waals surface area contributed by atoms with Crippen LogP contribution < -0.4 is 16.8 Å². The van der Waals surface area contributed by atoms with Crippen LogP contribution in [0.4, 0.5) is 0 Å². The number of carbonyl (C=O) groups excluding carboxylic acids is 1. The second kappa shape index (κ2) is 4.77. The van der Waals surface area contributed by atoms with Crippen LogP contribution >= 0.6 is 11.8 Å². The first-order valence-corrected chi connectivity index (χ1v) is 4.74. The van der Waals surface area contributed by atoms with Gasteiger partial charge in [0.2, 0.25) is 5.91 Å². The number of nitrogens with one attached hydrogen (secondary N) is 2. The third-order valence-corrected chi connectivity index (χ3v) is 2.45. The van der Waals surface area contributed by atoms with Crippen molar-refractivity contribution < 1.29 is 4.79 Å². The summed E-state index contributed by atoms with van der Waals surface area (Å²) < 4.78 is 0. The summed E-state index contributed by atoms with van der Waals surface area (Å²) in [7, 11) is 0. The quantitative estimate of drug-likeness (QED) is 0.202. The number of hydrogen-bond donors (Lipinski definition) is 3. The SMILES string of the molecule is CC(Sc1nccc(=O)[nH]1)C(=O)NN. The van der Waals surface area contributed by atoms with Crippen LogP contribution in [0.5, 0.6) is 0 Å². The zero-order valence-corrected chi connectivity index (χ0v) is 8.30. The number of carbonyl (C=O) groups is 1. The molecule has 14 heavy (non-hydrogen) atoms. The predicted molar refractivity (Wildman–Crippen MR) is 52.5 cm³/mol. The Morgan fingerprint density at radius 1 is 1.79 bits per heavy atom. The van der Waals surface area contributed by atoms with Crippen LogP contribution in [0.15, 0.2) is 22.2 Å². The van der Waals surface area contributed by atoms with Crippen molar-refractivity contribution in [2.24, 2.45) is 5.84 Å². The lowest BCUT2D eigenvalue weighted by Gasteiger charge is -2.07. The fourth-order valence-electron chi connectivity index (χ4n) is 0.750. The molecule has 0 saturated heterocycles. The van der Waals surface area contributed by atoms with E-state index in [-0.39, 0.29) is 11.5 Å². The van der Waals surface area contributed by atoms with Crippen molar-refractivity contribution in [1.29, 1.82) is 0 Å². The van der Waals surface area contributed by atoms with Gasteiger partial charge in [-0.15, -0.1) is 0 Å². The standard InChI is InChI=1S/C7H10N4O2S/c1-4(6(13)11-8)14-7-9-3-2-5(12)10-7/h2-4H,8H2,1H3,(H,11,13)(H,9,10,12). The van der Waals surface area contributed by atoms with Crippen LogP contribution in [0.1, 0.15) is 6.92 Å². The van der Waals surface area contributed by atoms with Crippen LogP contribution in [0.3, 0.4) is 0 Å². The van der Waals surface area contributed by atoms with E-state index >= 15 is 0 Å². The first-order valence-electron chi connectivity index (χ1n) is 3.86. The van der Waals surface area contributed by atoms with E-state index < -0.39 is 5.25 Å². The highest BCUT2D eigenvalue weighted by Gasteiger charge is 2.13. The highest BCUT2D eigenvalue weighted by atomic mass is 32.2. The molecule has 1 aromatic rings. The monoisotopic (exact) mass is 214 g/mol. The lowest BCUT2D eigenvalue weighted by molar-refractivity contribution is -0.120. The Kier molecular flexibility index (Phi) is 3.66. The van der Waals surface area contributed by atoms with Crippen molar-refractivity contribution in [1.82, 2.24) is 15.4 Å². The molecule has 6 nitrogen and oxygen atoms in total. The second-order valence-corrected chi connectivity index (χ2v) is 3.84. The smallest absolute Gasteiger partial charge is 0.251 e. The van der Waals surface area contributed by atoms with Crippen molar-refractivity contribution in [3.63, 3.8) is 0 Å². The molecule has 0 spiro atoms. The maximum atomic E-state index is 11.0. The summed E-state index contributed by atoms with van der Waals surface area (Å²) in [5.41, 5.74) is 1.77. The van der Waals surface area contributed by atoms with Gasteiger partial charge in [-0.3, -0.25) is 15.0 Å².